The minimum Gasteiger partial charge on any atom is -0.313 e. The van der Waals surface area contributed by atoms with Gasteiger partial charge in [0.25, 0.3) is 0 Å². The van der Waals surface area contributed by atoms with Crippen LogP contribution in [0.15, 0.2) is 0 Å². The minimum atomic E-state index is 0.399. The first kappa shape index (κ1) is 14.4. The van der Waals surface area contributed by atoms with Crippen LogP contribution in [0.4, 0.5) is 0 Å². The molecule has 0 spiro atoms. The zero-order valence-electron chi connectivity index (χ0n) is 11.7. The molecule has 0 aliphatic heterocycles. The molecule has 1 nitrogen and oxygen atoms in total. The Morgan fingerprint density at radius 3 is 2.38 bits per heavy atom. The molecule has 1 atom stereocenters. The van der Waals surface area contributed by atoms with Crippen LogP contribution in [0.3, 0.4) is 0 Å². The smallest absolute Gasteiger partial charge is 0.0130 e. The zero-order valence-corrected chi connectivity index (χ0v) is 12.5. The van der Waals surface area contributed by atoms with Crippen molar-refractivity contribution in [2.75, 3.05) is 12.3 Å². The van der Waals surface area contributed by atoms with Gasteiger partial charge in [-0.25, -0.2) is 0 Å². The average Bonchev–Trinajstić information content (AvgIpc) is 2.92. The van der Waals surface area contributed by atoms with Gasteiger partial charge in [-0.3, -0.25) is 0 Å². The molecule has 0 aromatic rings. The van der Waals surface area contributed by atoms with Gasteiger partial charge in [0.05, 0.1) is 0 Å². The summed E-state index contributed by atoms with van der Waals surface area (Å²) >= 11 is 2.06. The van der Waals surface area contributed by atoms with Crippen molar-refractivity contribution in [3.63, 3.8) is 0 Å². The van der Waals surface area contributed by atoms with Crippen molar-refractivity contribution in [3.8, 4) is 0 Å². The second-order valence-corrected chi connectivity index (χ2v) is 8.30. The van der Waals surface area contributed by atoms with Gasteiger partial charge < -0.3 is 5.32 Å². The van der Waals surface area contributed by atoms with Crippen molar-refractivity contribution in [1.29, 1.82) is 0 Å². The number of hydrogen-bond donors (Lipinski definition) is 1. The summed E-state index contributed by atoms with van der Waals surface area (Å²) in [5.74, 6) is 1.23. The minimum absolute atomic E-state index is 0.399. The molecule has 1 rings (SSSR count). The maximum atomic E-state index is 3.72. The third kappa shape index (κ3) is 5.58. The summed E-state index contributed by atoms with van der Waals surface area (Å²) in [5, 5.41) is 3.72. The number of nitrogens with one attached hydrogen (secondary N) is 1. The van der Waals surface area contributed by atoms with Crippen LogP contribution in [-0.4, -0.2) is 23.1 Å². The Morgan fingerprint density at radius 1 is 1.31 bits per heavy atom. The molecule has 1 N–H and O–H groups in total. The Labute approximate surface area is 106 Å². The van der Waals surface area contributed by atoms with Crippen molar-refractivity contribution in [2.24, 2.45) is 5.41 Å². The van der Waals surface area contributed by atoms with Crippen LogP contribution in [0.5, 0.6) is 0 Å². The average molecular weight is 243 g/mol. The molecule has 1 fully saturated rings. The highest BCUT2D eigenvalue weighted by Crippen LogP contribution is 2.49. The van der Waals surface area contributed by atoms with E-state index < -0.39 is 0 Å². The van der Waals surface area contributed by atoms with Crippen LogP contribution in [0.25, 0.3) is 0 Å². The fourth-order valence-electron chi connectivity index (χ4n) is 2.05. The van der Waals surface area contributed by atoms with Gasteiger partial charge in [-0.2, -0.15) is 11.8 Å². The summed E-state index contributed by atoms with van der Waals surface area (Å²) in [6.45, 7) is 12.8. The van der Waals surface area contributed by atoms with E-state index in [9.17, 15) is 0 Å². The maximum Gasteiger partial charge on any atom is 0.0130 e. The van der Waals surface area contributed by atoms with Crippen molar-refractivity contribution in [2.45, 2.75) is 71.1 Å². The lowest BCUT2D eigenvalue weighted by Gasteiger charge is -2.23. The van der Waals surface area contributed by atoms with Crippen molar-refractivity contribution < 1.29 is 0 Å². The van der Waals surface area contributed by atoms with Crippen LogP contribution < -0.4 is 5.32 Å². The molecule has 0 saturated heterocycles. The summed E-state index contributed by atoms with van der Waals surface area (Å²) in [6, 6.07) is 0.651. The van der Waals surface area contributed by atoms with E-state index in [1.807, 2.05) is 0 Å². The van der Waals surface area contributed by atoms with Gasteiger partial charge in [-0.1, -0.05) is 34.1 Å². The van der Waals surface area contributed by atoms with E-state index in [4.69, 9.17) is 0 Å². The predicted octanol–water partition coefficient (Wildman–Crippen LogP) is 4.08. The van der Waals surface area contributed by atoms with E-state index in [1.165, 1.54) is 38.0 Å². The van der Waals surface area contributed by atoms with Crippen molar-refractivity contribution in [3.05, 3.63) is 0 Å². The molecule has 1 unspecified atom stereocenters. The second-order valence-electron chi connectivity index (χ2n) is 6.46. The summed E-state index contributed by atoms with van der Waals surface area (Å²) in [5.41, 5.74) is 0.690. The Bertz CT molecular complexity index is 203. The number of hydrogen-bond acceptors (Lipinski definition) is 2. The van der Waals surface area contributed by atoms with Gasteiger partial charge in [-0.05, 0) is 31.6 Å². The van der Waals surface area contributed by atoms with Gasteiger partial charge in [0.2, 0.25) is 0 Å². The first-order valence-electron chi connectivity index (χ1n) is 6.74. The zero-order chi connectivity index (χ0) is 12.2. The summed E-state index contributed by atoms with van der Waals surface area (Å²) in [7, 11) is 0. The van der Waals surface area contributed by atoms with Gasteiger partial charge >= 0.3 is 0 Å². The molecular weight excluding hydrogens is 214 g/mol. The van der Waals surface area contributed by atoms with Crippen LogP contribution in [0, 0.1) is 5.41 Å². The van der Waals surface area contributed by atoms with Gasteiger partial charge in [0, 0.05) is 23.1 Å². The fraction of sp³-hybridized carbons (Fsp3) is 1.00. The van der Waals surface area contributed by atoms with E-state index in [2.05, 4.69) is 51.7 Å². The predicted molar refractivity (Wildman–Crippen MR) is 76.3 cm³/mol. The van der Waals surface area contributed by atoms with Gasteiger partial charge in [0.1, 0.15) is 0 Å². The Hall–Kier alpha value is 0.310. The molecule has 1 saturated carbocycles. The van der Waals surface area contributed by atoms with Crippen LogP contribution >= 0.6 is 11.8 Å². The van der Waals surface area contributed by atoms with Gasteiger partial charge in [-0.15, -0.1) is 0 Å². The molecule has 0 radical (unpaired) electrons. The largest absolute Gasteiger partial charge is 0.313 e. The first-order chi connectivity index (χ1) is 7.37. The van der Waals surface area contributed by atoms with Crippen LogP contribution in [0.1, 0.15) is 60.3 Å². The Kier molecular flexibility index (Phi) is 5.18. The highest BCUT2D eigenvalue weighted by Gasteiger charge is 2.41. The second kappa shape index (κ2) is 5.77. The molecule has 2 heteroatoms. The van der Waals surface area contributed by atoms with E-state index in [-0.39, 0.29) is 0 Å². The Balaban J connectivity index is 2.13. The molecule has 1 aliphatic rings. The lowest BCUT2D eigenvalue weighted by atomic mass is 10.0. The molecule has 0 heterocycles. The molecule has 96 valence electrons. The molecule has 0 aromatic carbocycles. The lowest BCUT2D eigenvalue weighted by molar-refractivity contribution is 0.403. The van der Waals surface area contributed by atoms with Crippen LogP contribution in [-0.2, 0) is 0 Å². The van der Waals surface area contributed by atoms with Crippen molar-refractivity contribution >= 4 is 11.8 Å². The maximum absolute atomic E-state index is 3.72. The SMILES string of the molecule is CCCC1(CNC(C)CSC(C)(C)C)CC1. The molecule has 0 aromatic heterocycles. The van der Waals surface area contributed by atoms with Crippen molar-refractivity contribution in [1.82, 2.24) is 5.32 Å². The number of thioether (sulfide) groups is 1. The quantitative estimate of drug-likeness (QED) is 0.723. The third-order valence-electron chi connectivity index (χ3n) is 3.33. The molecule has 0 amide bonds. The first-order valence-corrected chi connectivity index (χ1v) is 7.73. The van der Waals surface area contributed by atoms with E-state index >= 15 is 0 Å². The normalized spacial score (nSPS) is 20.8. The topological polar surface area (TPSA) is 12.0 Å². The van der Waals surface area contributed by atoms with E-state index in [1.54, 1.807) is 0 Å². The highest BCUT2D eigenvalue weighted by atomic mass is 32.2. The fourth-order valence-corrected chi connectivity index (χ4v) is 2.91. The van der Waals surface area contributed by atoms with E-state index in [0.717, 1.165) is 0 Å². The molecular formula is C14H29NS. The summed E-state index contributed by atoms with van der Waals surface area (Å²) < 4.78 is 0.399. The number of rotatable bonds is 7. The van der Waals surface area contributed by atoms with Gasteiger partial charge in [0.15, 0.2) is 0 Å². The monoisotopic (exact) mass is 243 g/mol. The van der Waals surface area contributed by atoms with Crippen LogP contribution in [0.2, 0.25) is 0 Å². The van der Waals surface area contributed by atoms with E-state index in [0.29, 0.717) is 16.2 Å². The third-order valence-corrected chi connectivity index (χ3v) is 4.86. The summed E-state index contributed by atoms with van der Waals surface area (Å²) in [4.78, 5) is 0. The molecule has 16 heavy (non-hydrogen) atoms. The lowest BCUT2D eigenvalue weighted by Crippen LogP contribution is -2.34. The molecule has 1 aliphatic carbocycles. The standard InChI is InChI=1S/C14H29NS/c1-6-7-14(8-9-14)11-15-12(2)10-16-13(3,4)5/h12,15H,6-11H2,1-5H3. The summed E-state index contributed by atoms with van der Waals surface area (Å²) in [6.07, 6.45) is 5.66. The highest BCUT2D eigenvalue weighted by molar-refractivity contribution is 8.00. The molecule has 0 bridgehead atoms. The Morgan fingerprint density at radius 2 is 1.94 bits per heavy atom.